The van der Waals surface area contributed by atoms with Gasteiger partial charge in [0, 0.05) is 5.69 Å². The molecule has 0 aliphatic carbocycles. The Morgan fingerprint density at radius 3 is 2.29 bits per heavy atom. The van der Waals surface area contributed by atoms with Gasteiger partial charge in [-0.05, 0) is 42.0 Å². The molecular weight excluding hydrogens is 322 g/mol. The lowest BCUT2D eigenvalue weighted by Gasteiger charge is -2.08. The molecule has 0 unspecified atom stereocenters. The number of anilines is 1. The van der Waals surface area contributed by atoms with Gasteiger partial charge in [-0.1, -0.05) is 48.0 Å². The first kappa shape index (κ1) is 16.2. The lowest BCUT2D eigenvalue weighted by atomic mass is 10.1. The van der Waals surface area contributed by atoms with Gasteiger partial charge in [-0.2, -0.15) is 0 Å². The molecule has 0 aliphatic rings. The number of nitrogens with one attached hydrogen (secondary N) is 1. The lowest BCUT2D eigenvalue weighted by Crippen LogP contribution is -2.23. The van der Waals surface area contributed by atoms with E-state index in [0.29, 0.717) is 5.69 Å². The fourth-order valence-electron chi connectivity index (χ4n) is 2.45. The van der Waals surface area contributed by atoms with Crippen molar-refractivity contribution >= 4 is 32.2 Å². The van der Waals surface area contributed by atoms with Crippen molar-refractivity contribution < 1.29 is 13.2 Å². The van der Waals surface area contributed by atoms with Gasteiger partial charge in [-0.25, -0.2) is 8.42 Å². The highest BCUT2D eigenvalue weighted by Crippen LogP contribution is 2.20. The number of carbonyl (C=O) groups is 1. The number of carbonyl (C=O) groups excluding carboxylic acids is 1. The Balaban J connectivity index is 1.79. The number of aryl methyl sites for hydroxylation is 1. The molecule has 3 rings (SSSR count). The summed E-state index contributed by atoms with van der Waals surface area (Å²) in [6.45, 7) is 1.94. The summed E-state index contributed by atoms with van der Waals surface area (Å²) in [5.74, 6) is -1.13. The van der Waals surface area contributed by atoms with Gasteiger partial charge in [0.15, 0.2) is 9.84 Å². The van der Waals surface area contributed by atoms with Gasteiger partial charge in [-0.3, -0.25) is 4.79 Å². The van der Waals surface area contributed by atoms with Crippen LogP contribution in [0.4, 0.5) is 5.69 Å². The summed E-state index contributed by atoms with van der Waals surface area (Å²) in [4.78, 5) is 12.2. The van der Waals surface area contributed by atoms with Gasteiger partial charge >= 0.3 is 0 Å². The second-order valence-corrected chi connectivity index (χ2v) is 7.67. The molecule has 24 heavy (non-hydrogen) atoms. The molecule has 5 heteroatoms. The van der Waals surface area contributed by atoms with Crippen molar-refractivity contribution in [3.05, 3.63) is 72.3 Å². The van der Waals surface area contributed by atoms with E-state index in [1.165, 1.54) is 6.07 Å². The molecular formula is C19H17NO3S. The summed E-state index contributed by atoms with van der Waals surface area (Å²) in [7, 11) is -3.69. The zero-order valence-electron chi connectivity index (χ0n) is 13.2. The number of sulfone groups is 1. The van der Waals surface area contributed by atoms with Crippen LogP contribution in [0.5, 0.6) is 0 Å². The zero-order chi connectivity index (χ0) is 17.2. The Bertz CT molecular complexity index is 993. The molecule has 1 N–H and O–H groups in total. The second kappa shape index (κ2) is 6.45. The van der Waals surface area contributed by atoms with E-state index in [9.17, 15) is 13.2 Å². The first-order valence-electron chi connectivity index (χ1n) is 7.52. The third kappa shape index (κ3) is 3.63. The minimum atomic E-state index is -3.69. The van der Waals surface area contributed by atoms with Crippen LogP contribution in [0, 0.1) is 6.92 Å². The molecule has 0 bridgehead atoms. The molecule has 4 nitrogen and oxygen atoms in total. The molecule has 3 aromatic rings. The summed E-state index contributed by atoms with van der Waals surface area (Å²) >= 11 is 0. The van der Waals surface area contributed by atoms with Crippen molar-refractivity contribution in [1.29, 1.82) is 0 Å². The molecule has 1 amide bonds. The van der Waals surface area contributed by atoms with E-state index < -0.39 is 21.5 Å². The first-order chi connectivity index (χ1) is 11.4. The van der Waals surface area contributed by atoms with Crippen molar-refractivity contribution in [2.75, 3.05) is 11.1 Å². The molecule has 0 aliphatic heterocycles. The van der Waals surface area contributed by atoms with Gasteiger partial charge in [-0.15, -0.1) is 0 Å². The maximum absolute atomic E-state index is 12.5. The molecule has 3 aromatic carbocycles. The number of rotatable bonds is 4. The Morgan fingerprint density at radius 2 is 1.58 bits per heavy atom. The highest BCUT2D eigenvalue weighted by atomic mass is 32.2. The van der Waals surface area contributed by atoms with Crippen LogP contribution in [0.15, 0.2) is 71.6 Å². The van der Waals surface area contributed by atoms with Crippen molar-refractivity contribution in [1.82, 2.24) is 0 Å². The van der Waals surface area contributed by atoms with E-state index in [-0.39, 0.29) is 4.90 Å². The van der Waals surface area contributed by atoms with E-state index >= 15 is 0 Å². The van der Waals surface area contributed by atoms with Crippen LogP contribution in [0.2, 0.25) is 0 Å². The standard InChI is InChI=1S/C19H17NO3S/c1-14-6-9-17(10-7-14)20-19(21)13-24(22,23)18-11-8-15-4-2-3-5-16(15)12-18/h2-12H,13H2,1H3,(H,20,21). The molecule has 0 radical (unpaired) electrons. The topological polar surface area (TPSA) is 63.2 Å². The third-order valence-electron chi connectivity index (χ3n) is 3.74. The fraction of sp³-hybridized carbons (Fsp3) is 0.105. The number of hydrogen-bond acceptors (Lipinski definition) is 3. The minimum Gasteiger partial charge on any atom is -0.325 e. The molecule has 0 heterocycles. The Morgan fingerprint density at radius 1 is 0.917 bits per heavy atom. The number of amides is 1. The van der Waals surface area contributed by atoms with E-state index in [0.717, 1.165) is 16.3 Å². The second-order valence-electron chi connectivity index (χ2n) is 5.68. The van der Waals surface area contributed by atoms with Crippen LogP contribution in [0.1, 0.15) is 5.56 Å². The Labute approximate surface area is 141 Å². The highest BCUT2D eigenvalue weighted by Gasteiger charge is 2.19. The van der Waals surface area contributed by atoms with Crippen molar-refractivity contribution in [2.45, 2.75) is 11.8 Å². The average Bonchev–Trinajstić information content (AvgIpc) is 2.56. The van der Waals surface area contributed by atoms with E-state index in [1.54, 1.807) is 24.3 Å². The van der Waals surface area contributed by atoms with E-state index in [4.69, 9.17) is 0 Å². The quantitative estimate of drug-likeness (QED) is 0.790. The predicted octanol–water partition coefficient (Wildman–Crippen LogP) is 3.56. The van der Waals surface area contributed by atoms with Gasteiger partial charge in [0.05, 0.1) is 4.90 Å². The summed E-state index contributed by atoms with van der Waals surface area (Å²) in [5.41, 5.74) is 1.65. The normalized spacial score (nSPS) is 11.4. The van der Waals surface area contributed by atoms with Crippen molar-refractivity contribution in [3.8, 4) is 0 Å². The molecule has 122 valence electrons. The van der Waals surface area contributed by atoms with Crippen LogP contribution >= 0.6 is 0 Å². The van der Waals surface area contributed by atoms with E-state index in [2.05, 4.69) is 5.32 Å². The van der Waals surface area contributed by atoms with Gasteiger partial charge in [0.1, 0.15) is 5.75 Å². The third-order valence-corrected chi connectivity index (χ3v) is 5.35. The predicted molar refractivity (Wildman–Crippen MR) is 95.8 cm³/mol. The van der Waals surface area contributed by atoms with Gasteiger partial charge < -0.3 is 5.32 Å². The van der Waals surface area contributed by atoms with Gasteiger partial charge in [0.2, 0.25) is 5.91 Å². The SMILES string of the molecule is Cc1ccc(NC(=O)CS(=O)(=O)c2ccc3ccccc3c2)cc1. The van der Waals surface area contributed by atoms with Crippen LogP contribution < -0.4 is 5.32 Å². The number of hydrogen-bond donors (Lipinski definition) is 1. The summed E-state index contributed by atoms with van der Waals surface area (Å²) in [6.07, 6.45) is 0. The average molecular weight is 339 g/mol. The highest BCUT2D eigenvalue weighted by molar-refractivity contribution is 7.92. The van der Waals surface area contributed by atoms with E-state index in [1.807, 2.05) is 43.3 Å². The van der Waals surface area contributed by atoms with Crippen LogP contribution in [-0.2, 0) is 14.6 Å². The van der Waals surface area contributed by atoms with Crippen LogP contribution in [0.25, 0.3) is 10.8 Å². The largest absolute Gasteiger partial charge is 0.325 e. The van der Waals surface area contributed by atoms with Crippen molar-refractivity contribution in [3.63, 3.8) is 0 Å². The van der Waals surface area contributed by atoms with Crippen molar-refractivity contribution in [2.24, 2.45) is 0 Å². The lowest BCUT2D eigenvalue weighted by molar-refractivity contribution is -0.113. The minimum absolute atomic E-state index is 0.153. The molecule has 0 saturated carbocycles. The fourth-order valence-corrected chi connectivity index (χ4v) is 3.62. The van der Waals surface area contributed by atoms with Crippen LogP contribution in [-0.4, -0.2) is 20.1 Å². The monoisotopic (exact) mass is 339 g/mol. The summed E-state index contributed by atoms with van der Waals surface area (Å²) in [6, 6.07) is 19.6. The number of fused-ring (bicyclic) bond motifs is 1. The Kier molecular flexibility index (Phi) is 4.36. The Hall–Kier alpha value is -2.66. The summed E-state index contributed by atoms with van der Waals surface area (Å²) < 4.78 is 24.9. The van der Waals surface area contributed by atoms with Crippen LogP contribution in [0.3, 0.4) is 0 Å². The summed E-state index contributed by atoms with van der Waals surface area (Å²) in [5, 5.41) is 4.40. The first-order valence-corrected chi connectivity index (χ1v) is 9.17. The molecule has 0 atom stereocenters. The smallest absolute Gasteiger partial charge is 0.239 e. The molecule has 0 aromatic heterocycles. The zero-order valence-corrected chi connectivity index (χ0v) is 14.0. The maximum Gasteiger partial charge on any atom is 0.239 e. The van der Waals surface area contributed by atoms with Gasteiger partial charge in [0.25, 0.3) is 0 Å². The maximum atomic E-state index is 12.5. The molecule has 0 saturated heterocycles. The molecule has 0 fully saturated rings. The number of benzene rings is 3. The molecule has 0 spiro atoms.